The van der Waals surface area contributed by atoms with Crippen molar-refractivity contribution in [2.45, 2.75) is 23.8 Å². The lowest BCUT2D eigenvalue weighted by Gasteiger charge is -2.14. The predicted molar refractivity (Wildman–Crippen MR) is 104 cm³/mol. The number of hydrogen-bond donors (Lipinski definition) is 2. The van der Waals surface area contributed by atoms with E-state index in [4.69, 9.17) is 4.74 Å². The van der Waals surface area contributed by atoms with Gasteiger partial charge in [-0.1, -0.05) is 24.3 Å². The number of ether oxygens (including phenoxy) is 1. The summed E-state index contributed by atoms with van der Waals surface area (Å²) in [5.41, 5.74) is 1.54. The zero-order valence-corrected chi connectivity index (χ0v) is 15.5. The van der Waals surface area contributed by atoms with Gasteiger partial charge in [-0.2, -0.15) is 0 Å². The molecule has 5 nitrogen and oxygen atoms in total. The van der Waals surface area contributed by atoms with Crippen LogP contribution in [-0.4, -0.2) is 37.3 Å². The summed E-state index contributed by atoms with van der Waals surface area (Å²) in [7, 11) is 0. The van der Waals surface area contributed by atoms with Crippen molar-refractivity contribution in [3.8, 4) is 0 Å². The van der Waals surface area contributed by atoms with Gasteiger partial charge in [-0.3, -0.25) is 9.59 Å². The number of hydrogen-bond acceptors (Lipinski definition) is 4. The van der Waals surface area contributed by atoms with Crippen molar-refractivity contribution in [1.82, 2.24) is 5.32 Å². The Labute approximate surface area is 157 Å². The average molecular weight is 370 g/mol. The van der Waals surface area contributed by atoms with E-state index in [1.165, 1.54) is 11.8 Å². The van der Waals surface area contributed by atoms with Crippen molar-refractivity contribution in [3.63, 3.8) is 0 Å². The Kier molecular flexibility index (Phi) is 6.30. The first-order valence-electron chi connectivity index (χ1n) is 8.62. The minimum absolute atomic E-state index is 0.0779. The molecule has 0 radical (unpaired) electrons. The van der Waals surface area contributed by atoms with Crippen molar-refractivity contribution >= 4 is 29.3 Å². The zero-order chi connectivity index (χ0) is 18.4. The molecule has 0 bridgehead atoms. The minimum Gasteiger partial charge on any atom is -0.376 e. The molecule has 136 valence electrons. The third-order valence-corrected chi connectivity index (χ3v) is 5.08. The van der Waals surface area contributed by atoms with Gasteiger partial charge in [-0.25, -0.2) is 0 Å². The average Bonchev–Trinajstić information content (AvgIpc) is 3.20. The van der Waals surface area contributed by atoms with Gasteiger partial charge < -0.3 is 15.4 Å². The van der Waals surface area contributed by atoms with E-state index in [1.54, 1.807) is 30.3 Å². The van der Waals surface area contributed by atoms with Crippen LogP contribution in [0.1, 0.15) is 33.6 Å². The molecule has 3 rings (SSSR count). The molecule has 2 N–H and O–H groups in total. The Morgan fingerprint density at radius 2 is 1.81 bits per heavy atom. The molecule has 1 heterocycles. The first-order chi connectivity index (χ1) is 12.7. The van der Waals surface area contributed by atoms with Crippen LogP contribution in [0.5, 0.6) is 0 Å². The Bertz CT molecular complexity index is 788. The van der Waals surface area contributed by atoms with Crippen molar-refractivity contribution in [2.24, 2.45) is 0 Å². The number of carbonyl (C=O) groups is 2. The third kappa shape index (κ3) is 4.45. The van der Waals surface area contributed by atoms with E-state index in [2.05, 4.69) is 10.6 Å². The van der Waals surface area contributed by atoms with Crippen molar-refractivity contribution in [1.29, 1.82) is 0 Å². The number of benzene rings is 2. The minimum atomic E-state index is -0.227. The highest BCUT2D eigenvalue weighted by molar-refractivity contribution is 7.98. The molecule has 2 aromatic rings. The van der Waals surface area contributed by atoms with Gasteiger partial charge >= 0.3 is 0 Å². The number of nitrogens with one attached hydrogen (secondary N) is 2. The molecule has 1 atom stereocenters. The third-order valence-electron chi connectivity index (χ3n) is 4.29. The molecular weight excluding hydrogens is 348 g/mol. The molecule has 26 heavy (non-hydrogen) atoms. The molecule has 1 unspecified atom stereocenters. The number of para-hydroxylation sites is 1. The fourth-order valence-electron chi connectivity index (χ4n) is 2.92. The Morgan fingerprint density at radius 3 is 2.54 bits per heavy atom. The second-order valence-corrected chi connectivity index (χ2v) is 6.89. The summed E-state index contributed by atoms with van der Waals surface area (Å²) in [6.45, 7) is 1.23. The van der Waals surface area contributed by atoms with E-state index in [0.29, 0.717) is 23.4 Å². The molecule has 0 spiro atoms. The maximum atomic E-state index is 12.7. The van der Waals surface area contributed by atoms with E-state index in [9.17, 15) is 9.59 Å². The number of amides is 2. The summed E-state index contributed by atoms with van der Waals surface area (Å²) in [5.74, 6) is -0.441. The summed E-state index contributed by atoms with van der Waals surface area (Å²) in [6.07, 6.45) is 4.00. The largest absolute Gasteiger partial charge is 0.376 e. The molecule has 0 aliphatic carbocycles. The normalized spacial score (nSPS) is 16.3. The first kappa shape index (κ1) is 18.5. The highest BCUT2D eigenvalue weighted by Gasteiger charge is 2.19. The fraction of sp³-hybridized carbons (Fsp3) is 0.300. The van der Waals surface area contributed by atoms with Crippen LogP contribution in [0.25, 0.3) is 0 Å². The van der Waals surface area contributed by atoms with E-state index >= 15 is 0 Å². The van der Waals surface area contributed by atoms with E-state index in [1.807, 2.05) is 24.5 Å². The molecule has 1 fully saturated rings. The Hall–Kier alpha value is -2.31. The van der Waals surface area contributed by atoms with Gasteiger partial charge in [0.25, 0.3) is 11.8 Å². The van der Waals surface area contributed by atoms with Crippen LogP contribution in [0, 0.1) is 0 Å². The Morgan fingerprint density at radius 1 is 1.08 bits per heavy atom. The SMILES string of the molecule is CSc1ccccc1C(=O)Nc1ccccc1C(=O)NCC1CCCO1. The van der Waals surface area contributed by atoms with Gasteiger partial charge in [-0.15, -0.1) is 11.8 Å². The molecule has 1 aliphatic rings. The maximum absolute atomic E-state index is 12.7. The first-order valence-corrected chi connectivity index (χ1v) is 9.84. The number of rotatable bonds is 6. The van der Waals surface area contributed by atoms with Crippen LogP contribution in [0.15, 0.2) is 53.4 Å². The zero-order valence-electron chi connectivity index (χ0n) is 14.7. The molecule has 1 aliphatic heterocycles. The lowest BCUT2D eigenvalue weighted by molar-refractivity contribution is 0.0858. The van der Waals surface area contributed by atoms with E-state index < -0.39 is 0 Å². The summed E-state index contributed by atoms with van der Waals surface area (Å²) < 4.78 is 5.53. The number of thioether (sulfide) groups is 1. The molecule has 1 saturated heterocycles. The van der Waals surface area contributed by atoms with E-state index in [0.717, 1.165) is 24.3 Å². The van der Waals surface area contributed by atoms with Gasteiger partial charge in [0.1, 0.15) is 0 Å². The van der Waals surface area contributed by atoms with Crippen LogP contribution in [0.3, 0.4) is 0 Å². The van der Waals surface area contributed by atoms with Crippen molar-refractivity contribution in [2.75, 3.05) is 24.7 Å². The van der Waals surface area contributed by atoms with E-state index in [-0.39, 0.29) is 17.9 Å². The second-order valence-electron chi connectivity index (χ2n) is 6.05. The highest BCUT2D eigenvalue weighted by atomic mass is 32.2. The van der Waals surface area contributed by atoms with Crippen molar-refractivity contribution < 1.29 is 14.3 Å². The summed E-state index contributed by atoms with van der Waals surface area (Å²) >= 11 is 1.51. The lowest BCUT2D eigenvalue weighted by atomic mass is 10.1. The van der Waals surface area contributed by atoms with Gasteiger partial charge in [0.05, 0.1) is 22.9 Å². The lowest BCUT2D eigenvalue weighted by Crippen LogP contribution is -2.32. The molecule has 0 saturated carbocycles. The topological polar surface area (TPSA) is 67.4 Å². The van der Waals surface area contributed by atoms with Gasteiger partial charge in [-0.05, 0) is 43.4 Å². The highest BCUT2D eigenvalue weighted by Crippen LogP contribution is 2.22. The molecule has 6 heteroatoms. The van der Waals surface area contributed by atoms with Crippen molar-refractivity contribution in [3.05, 3.63) is 59.7 Å². The fourth-order valence-corrected chi connectivity index (χ4v) is 3.51. The standard InChI is InChI=1S/C20H22N2O3S/c1-26-18-11-5-3-9-16(18)20(24)22-17-10-4-2-8-15(17)19(23)21-13-14-7-6-12-25-14/h2-5,8-11,14H,6-7,12-13H2,1H3,(H,21,23)(H,22,24). The summed E-state index contributed by atoms with van der Waals surface area (Å²) in [5, 5.41) is 5.76. The maximum Gasteiger partial charge on any atom is 0.256 e. The molecular formula is C20H22N2O3S. The summed E-state index contributed by atoms with van der Waals surface area (Å²) in [6, 6.07) is 14.4. The summed E-state index contributed by atoms with van der Waals surface area (Å²) in [4.78, 5) is 26.1. The van der Waals surface area contributed by atoms with Gasteiger partial charge in [0.2, 0.25) is 0 Å². The monoisotopic (exact) mass is 370 g/mol. The predicted octanol–water partition coefficient (Wildman–Crippen LogP) is 3.57. The quantitative estimate of drug-likeness (QED) is 0.763. The van der Waals surface area contributed by atoms with Gasteiger partial charge in [0.15, 0.2) is 0 Å². The second kappa shape index (κ2) is 8.87. The van der Waals surface area contributed by atoms with Crippen LogP contribution >= 0.6 is 11.8 Å². The molecule has 2 amide bonds. The van der Waals surface area contributed by atoms with Crippen LogP contribution in [0.4, 0.5) is 5.69 Å². The van der Waals surface area contributed by atoms with Crippen LogP contribution < -0.4 is 10.6 Å². The molecule has 0 aromatic heterocycles. The van der Waals surface area contributed by atoms with Crippen LogP contribution in [0.2, 0.25) is 0 Å². The smallest absolute Gasteiger partial charge is 0.256 e. The molecule has 2 aromatic carbocycles. The van der Waals surface area contributed by atoms with Gasteiger partial charge in [0, 0.05) is 18.0 Å². The number of anilines is 1. The number of carbonyl (C=O) groups excluding carboxylic acids is 2. The Balaban J connectivity index is 1.72. The van der Waals surface area contributed by atoms with Crippen LogP contribution in [-0.2, 0) is 4.74 Å².